The standard InChI is InChI=1S/C11H15FN2/c1-7-5-11-8(6-9(7)12)10(13-2)3-4-14-11/h5-6,10,13-14H,3-4H2,1-2H3. The molecule has 1 heterocycles. The Morgan fingerprint density at radius 2 is 2.29 bits per heavy atom. The molecular formula is C11H15FN2. The van der Waals surface area contributed by atoms with Crippen LogP contribution in [-0.2, 0) is 0 Å². The van der Waals surface area contributed by atoms with E-state index in [0.29, 0.717) is 5.56 Å². The van der Waals surface area contributed by atoms with Crippen LogP contribution < -0.4 is 10.6 Å². The van der Waals surface area contributed by atoms with Gasteiger partial charge in [-0.15, -0.1) is 0 Å². The monoisotopic (exact) mass is 194 g/mol. The van der Waals surface area contributed by atoms with E-state index in [9.17, 15) is 4.39 Å². The number of benzene rings is 1. The van der Waals surface area contributed by atoms with Crippen LogP contribution in [0.15, 0.2) is 12.1 Å². The van der Waals surface area contributed by atoms with Crippen molar-refractivity contribution in [3.8, 4) is 0 Å². The van der Waals surface area contributed by atoms with Gasteiger partial charge in [0.05, 0.1) is 0 Å². The van der Waals surface area contributed by atoms with Crippen molar-refractivity contribution >= 4 is 5.69 Å². The molecule has 1 aromatic carbocycles. The zero-order valence-electron chi connectivity index (χ0n) is 8.52. The fourth-order valence-electron chi connectivity index (χ4n) is 1.94. The Morgan fingerprint density at radius 3 is 3.00 bits per heavy atom. The van der Waals surface area contributed by atoms with E-state index in [1.54, 1.807) is 13.0 Å². The SMILES string of the molecule is CNC1CCNc2cc(C)c(F)cc21. The molecule has 0 spiro atoms. The molecule has 0 fully saturated rings. The Labute approximate surface area is 83.5 Å². The minimum absolute atomic E-state index is 0.118. The highest BCUT2D eigenvalue weighted by molar-refractivity contribution is 5.56. The van der Waals surface area contributed by atoms with Crippen molar-refractivity contribution in [2.24, 2.45) is 0 Å². The number of hydrogen-bond donors (Lipinski definition) is 2. The fourth-order valence-corrected chi connectivity index (χ4v) is 1.94. The zero-order chi connectivity index (χ0) is 10.1. The van der Waals surface area contributed by atoms with E-state index in [-0.39, 0.29) is 11.9 Å². The Balaban J connectivity index is 2.47. The molecule has 2 N–H and O–H groups in total. The van der Waals surface area contributed by atoms with Gasteiger partial charge in [-0.1, -0.05) is 0 Å². The summed E-state index contributed by atoms with van der Waals surface area (Å²) >= 11 is 0. The van der Waals surface area contributed by atoms with Gasteiger partial charge in [0.1, 0.15) is 5.82 Å². The van der Waals surface area contributed by atoms with Crippen LogP contribution in [0.4, 0.5) is 10.1 Å². The smallest absolute Gasteiger partial charge is 0.126 e. The molecule has 1 aliphatic rings. The van der Waals surface area contributed by atoms with E-state index in [4.69, 9.17) is 0 Å². The van der Waals surface area contributed by atoms with Crippen molar-refractivity contribution in [2.45, 2.75) is 19.4 Å². The molecule has 1 aromatic rings. The van der Waals surface area contributed by atoms with Crippen LogP contribution in [0.3, 0.4) is 0 Å². The molecule has 0 radical (unpaired) electrons. The summed E-state index contributed by atoms with van der Waals surface area (Å²) in [7, 11) is 1.91. The molecule has 0 bridgehead atoms. The summed E-state index contributed by atoms with van der Waals surface area (Å²) in [4.78, 5) is 0. The third kappa shape index (κ3) is 1.48. The van der Waals surface area contributed by atoms with E-state index in [0.717, 1.165) is 24.2 Å². The number of hydrogen-bond acceptors (Lipinski definition) is 2. The highest BCUT2D eigenvalue weighted by Gasteiger charge is 2.19. The average Bonchev–Trinajstić information content (AvgIpc) is 2.19. The quantitative estimate of drug-likeness (QED) is 0.716. The van der Waals surface area contributed by atoms with Crippen molar-refractivity contribution in [2.75, 3.05) is 18.9 Å². The van der Waals surface area contributed by atoms with Gasteiger partial charge < -0.3 is 10.6 Å². The molecule has 1 aliphatic heterocycles. The maximum Gasteiger partial charge on any atom is 0.126 e. The molecule has 2 nitrogen and oxygen atoms in total. The molecule has 0 amide bonds. The molecule has 0 aliphatic carbocycles. The third-order valence-electron chi connectivity index (χ3n) is 2.80. The summed E-state index contributed by atoms with van der Waals surface area (Å²) in [6.07, 6.45) is 1.01. The number of aryl methyl sites for hydroxylation is 1. The third-order valence-corrected chi connectivity index (χ3v) is 2.80. The van der Waals surface area contributed by atoms with Gasteiger partial charge in [0.25, 0.3) is 0 Å². The number of rotatable bonds is 1. The van der Waals surface area contributed by atoms with Crippen LogP contribution in [0.25, 0.3) is 0 Å². The first-order valence-electron chi connectivity index (χ1n) is 4.93. The first-order chi connectivity index (χ1) is 6.72. The summed E-state index contributed by atoms with van der Waals surface area (Å²) < 4.78 is 13.4. The molecule has 14 heavy (non-hydrogen) atoms. The van der Waals surface area contributed by atoms with Gasteiger partial charge in [-0.3, -0.25) is 0 Å². The summed E-state index contributed by atoms with van der Waals surface area (Å²) in [6, 6.07) is 3.80. The molecule has 76 valence electrons. The summed E-state index contributed by atoms with van der Waals surface area (Å²) in [5.74, 6) is -0.118. The van der Waals surface area contributed by atoms with Crippen LogP contribution in [0, 0.1) is 12.7 Å². The molecule has 2 rings (SSSR count). The van der Waals surface area contributed by atoms with E-state index < -0.39 is 0 Å². The number of fused-ring (bicyclic) bond motifs is 1. The van der Waals surface area contributed by atoms with Gasteiger partial charge in [0, 0.05) is 18.3 Å². The summed E-state index contributed by atoms with van der Waals surface area (Å²) in [5, 5.41) is 6.49. The Bertz CT molecular complexity index is 349. The van der Waals surface area contributed by atoms with E-state index in [1.807, 2.05) is 13.1 Å². The lowest BCUT2D eigenvalue weighted by Crippen LogP contribution is -2.25. The second-order valence-corrected chi connectivity index (χ2v) is 3.75. The summed E-state index contributed by atoms with van der Waals surface area (Å²) in [5.41, 5.74) is 2.81. The van der Waals surface area contributed by atoms with Crippen LogP contribution >= 0.6 is 0 Å². The molecule has 0 saturated heterocycles. The molecule has 0 saturated carbocycles. The average molecular weight is 194 g/mol. The normalized spacial score (nSPS) is 20.1. The van der Waals surface area contributed by atoms with Gasteiger partial charge in [0.15, 0.2) is 0 Å². The number of anilines is 1. The van der Waals surface area contributed by atoms with Crippen molar-refractivity contribution < 1.29 is 4.39 Å². The highest BCUT2D eigenvalue weighted by atomic mass is 19.1. The fraction of sp³-hybridized carbons (Fsp3) is 0.455. The maximum absolute atomic E-state index is 13.4. The first-order valence-corrected chi connectivity index (χ1v) is 4.93. The lowest BCUT2D eigenvalue weighted by molar-refractivity contribution is 0.541. The topological polar surface area (TPSA) is 24.1 Å². The Kier molecular flexibility index (Phi) is 2.42. The van der Waals surface area contributed by atoms with E-state index in [2.05, 4.69) is 10.6 Å². The molecule has 3 heteroatoms. The van der Waals surface area contributed by atoms with Gasteiger partial charge in [-0.05, 0) is 43.7 Å². The second kappa shape index (κ2) is 3.58. The van der Waals surface area contributed by atoms with Crippen molar-refractivity contribution in [1.29, 1.82) is 0 Å². The van der Waals surface area contributed by atoms with Gasteiger partial charge in [-0.2, -0.15) is 0 Å². The minimum atomic E-state index is -0.118. The lowest BCUT2D eigenvalue weighted by Gasteiger charge is -2.26. The zero-order valence-corrected chi connectivity index (χ0v) is 8.52. The highest BCUT2D eigenvalue weighted by Crippen LogP contribution is 2.31. The molecule has 1 unspecified atom stereocenters. The molecular weight excluding hydrogens is 179 g/mol. The van der Waals surface area contributed by atoms with Gasteiger partial charge >= 0.3 is 0 Å². The van der Waals surface area contributed by atoms with Crippen molar-refractivity contribution in [3.63, 3.8) is 0 Å². The molecule has 1 atom stereocenters. The predicted octanol–water partition coefficient (Wildman–Crippen LogP) is 2.21. The maximum atomic E-state index is 13.4. The second-order valence-electron chi connectivity index (χ2n) is 3.75. The number of halogens is 1. The predicted molar refractivity (Wildman–Crippen MR) is 56.0 cm³/mol. The Morgan fingerprint density at radius 1 is 1.50 bits per heavy atom. The van der Waals surface area contributed by atoms with Crippen LogP contribution in [-0.4, -0.2) is 13.6 Å². The van der Waals surface area contributed by atoms with Gasteiger partial charge in [-0.25, -0.2) is 4.39 Å². The first kappa shape index (κ1) is 9.46. The van der Waals surface area contributed by atoms with Crippen molar-refractivity contribution in [3.05, 3.63) is 29.1 Å². The minimum Gasteiger partial charge on any atom is -0.385 e. The Hall–Kier alpha value is -1.09. The van der Waals surface area contributed by atoms with Crippen LogP contribution in [0.1, 0.15) is 23.6 Å². The largest absolute Gasteiger partial charge is 0.385 e. The van der Waals surface area contributed by atoms with Crippen LogP contribution in [0.2, 0.25) is 0 Å². The van der Waals surface area contributed by atoms with Gasteiger partial charge in [0.2, 0.25) is 0 Å². The lowest BCUT2D eigenvalue weighted by atomic mass is 9.96. The van der Waals surface area contributed by atoms with E-state index in [1.165, 1.54) is 0 Å². The van der Waals surface area contributed by atoms with Crippen LogP contribution in [0.5, 0.6) is 0 Å². The van der Waals surface area contributed by atoms with Crippen molar-refractivity contribution in [1.82, 2.24) is 5.32 Å². The number of nitrogens with one attached hydrogen (secondary N) is 2. The molecule has 0 aromatic heterocycles. The van der Waals surface area contributed by atoms with E-state index >= 15 is 0 Å². The summed E-state index contributed by atoms with van der Waals surface area (Å²) in [6.45, 7) is 2.74.